The Morgan fingerprint density at radius 1 is 1.06 bits per heavy atom. The number of aryl methyl sites for hydroxylation is 1. The van der Waals surface area contributed by atoms with Gasteiger partial charge in [-0.05, 0) is 31.2 Å². The first-order chi connectivity index (χ1) is 8.19. The number of aliphatic hydroxyl groups excluding tert-OH is 1. The second-order valence-electron chi connectivity index (χ2n) is 3.15. The number of rotatable bonds is 3. The third kappa shape index (κ3) is 4.08. The predicted octanol–water partition coefficient (Wildman–Crippen LogP) is 1.98. The molecule has 2 heterocycles. The van der Waals surface area contributed by atoms with E-state index in [1.54, 1.807) is 25.1 Å². The van der Waals surface area contributed by atoms with Crippen molar-refractivity contribution >= 4 is 12.6 Å². The van der Waals surface area contributed by atoms with Gasteiger partial charge in [0.15, 0.2) is 24.1 Å². The summed E-state index contributed by atoms with van der Waals surface area (Å²) in [5, 5.41) is 8.44. The lowest BCUT2D eigenvalue weighted by Gasteiger charge is -1.82. The fourth-order valence-electron chi connectivity index (χ4n) is 1.06. The molecule has 5 nitrogen and oxygen atoms in total. The highest BCUT2D eigenvalue weighted by Crippen LogP contribution is 2.04. The van der Waals surface area contributed by atoms with Crippen LogP contribution >= 0.6 is 0 Å². The molecule has 0 aliphatic carbocycles. The molecule has 17 heavy (non-hydrogen) atoms. The van der Waals surface area contributed by atoms with E-state index in [1.165, 1.54) is 6.07 Å². The molecule has 0 bridgehead atoms. The third-order valence-electron chi connectivity index (χ3n) is 1.83. The Hall–Kier alpha value is -2.14. The van der Waals surface area contributed by atoms with Crippen molar-refractivity contribution in [3.8, 4) is 0 Å². The van der Waals surface area contributed by atoms with Crippen LogP contribution < -0.4 is 0 Å². The van der Waals surface area contributed by atoms with E-state index in [2.05, 4.69) is 0 Å². The van der Waals surface area contributed by atoms with Gasteiger partial charge in [-0.3, -0.25) is 9.59 Å². The predicted molar refractivity (Wildman–Crippen MR) is 58.9 cm³/mol. The summed E-state index contributed by atoms with van der Waals surface area (Å²) in [6, 6.07) is 6.47. The number of furan rings is 2. The lowest BCUT2D eigenvalue weighted by Crippen LogP contribution is -1.74. The van der Waals surface area contributed by atoms with E-state index in [9.17, 15) is 9.59 Å². The Morgan fingerprint density at radius 3 is 1.94 bits per heavy atom. The Bertz CT molecular complexity index is 481. The summed E-state index contributed by atoms with van der Waals surface area (Å²) in [6.45, 7) is 1.64. The number of hydrogen-bond donors (Lipinski definition) is 1. The molecule has 1 N–H and O–H groups in total. The summed E-state index contributed by atoms with van der Waals surface area (Å²) in [7, 11) is 0. The minimum atomic E-state index is -0.159. The number of carbonyl (C=O) groups is 2. The van der Waals surface area contributed by atoms with Crippen molar-refractivity contribution in [1.29, 1.82) is 0 Å². The zero-order chi connectivity index (χ0) is 12.7. The maximum Gasteiger partial charge on any atom is 0.185 e. The zero-order valence-corrected chi connectivity index (χ0v) is 9.25. The quantitative estimate of drug-likeness (QED) is 0.824. The average molecular weight is 236 g/mol. The normalized spacial score (nSPS) is 9.29. The van der Waals surface area contributed by atoms with Gasteiger partial charge in [0, 0.05) is 0 Å². The minimum Gasteiger partial charge on any atom is -0.459 e. The maximum atomic E-state index is 9.96. The van der Waals surface area contributed by atoms with Crippen LogP contribution in [0.4, 0.5) is 0 Å². The first-order valence-corrected chi connectivity index (χ1v) is 4.86. The summed E-state index contributed by atoms with van der Waals surface area (Å²) < 4.78 is 9.63. The van der Waals surface area contributed by atoms with Gasteiger partial charge >= 0.3 is 0 Å². The van der Waals surface area contributed by atoms with Gasteiger partial charge in [-0.25, -0.2) is 0 Å². The number of hydrogen-bond acceptors (Lipinski definition) is 5. The highest BCUT2D eigenvalue weighted by molar-refractivity contribution is 5.70. The van der Waals surface area contributed by atoms with Gasteiger partial charge in [0.2, 0.25) is 0 Å². The first-order valence-electron chi connectivity index (χ1n) is 4.86. The largest absolute Gasteiger partial charge is 0.459 e. The summed E-state index contributed by atoms with van der Waals surface area (Å²) in [6.07, 6.45) is 1.28. The summed E-state index contributed by atoms with van der Waals surface area (Å²) in [5.41, 5.74) is 0. The fraction of sp³-hybridized carbons (Fsp3) is 0.167. The molecule has 90 valence electrons. The van der Waals surface area contributed by atoms with Crippen LogP contribution in [0.25, 0.3) is 0 Å². The second-order valence-corrected chi connectivity index (χ2v) is 3.15. The molecule has 0 unspecified atom stereocenters. The summed E-state index contributed by atoms with van der Waals surface area (Å²) >= 11 is 0. The van der Waals surface area contributed by atoms with E-state index in [1.807, 2.05) is 0 Å². The van der Waals surface area contributed by atoms with Gasteiger partial charge in [0.25, 0.3) is 0 Å². The molecule has 2 rings (SSSR count). The maximum absolute atomic E-state index is 9.96. The number of aliphatic hydroxyl groups is 1. The Balaban J connectivity index is 0.000000171. The van der Waals surface area contributed by atoms with Crippen molar-refractivity contribution in [2.75, 3.05) is 0 Å². The van der Waals surface area contributed by atoms with Gasteiger partial charge in [-0.2, -0.15) is 0 Å². The van der Waals surface area contributed by atoms with E-state index < -0.39 is 0 Å². The lowest BCUT2D eigenvalue weighted by molar-refractivity contribution is 0.109. The molecule has 0 spiro atoms. The molecule has 0 aromatic carbocycles. The van der Waals surface area contributed by atoms with E-state index in [4.69, 9.17) is 13.9 Å². The van der Waals surface area contributed by atoms with Crippen molar-refractivity contribution in [3.63, 3.8) is 0 Å². The van der Waals surface area contributed by atoms with Crippen LogP contribution in [0.1, 0.15) is 32.6 Å². The highest BCUT2D eigenvalue weighted by atomic mass is 16.4. The van der Waals surface area contributed by atoms with Gasteiger partial charge in [0.05, 0.1) is 0 Å². The smallest absolute Gasteiger partial charge is 0.185 e. The van der Waals surface area contributed by atoms with Crippen LogP contribution in [0.15, 0.2) is 33.1 Å². The van der Waals surface area contributed by atoms with Gasteiger partial charge in [-0.1, -0.05) is 0 Å². The van der Waals surface area contributed by atoms with Crippen molar-refractivity contribution in [2.24, 2.45) is 0 Å². The van der Waals surface area contributed by atoms with Gasteiger partial charge in [0.1, 0.15) is 18.1 Å². The molecule has 0 fully saturated rings. The second kappa shape index (κ2) is 6.44. The number of carbonyl (C=O) groups excluding carboxylic acids is 2. The highest BCUT2D eigenvalue weighted by Gasteiger charge is 1.96. The molecule has 0 saturated carbocycles. The zero-order valence-electron chi connectivity index (χ0n) is 9.25. The molecular formula is C12H12O5. The molecule has 0 saturated heterocycles. The van der Waals surface area contributed by atoms with E-state index in [-0.39, 0.29) is 12.4 Å². The van der Waals surface area contributed by atoms with E-state index >= 15 is 0 Å². The molecule has 5 heteroatoms. The third-order valence-corrected chi connectivity index (χ3v) is 1.83. The summed E-state index contributed by atoms with van der Waals surface area (Å²) in [4.78, 5) is 19.9. The topological polar surface area (TPSA) is 80.7 Å². The monoisotopic (exact) mass is 236 g/mol. The molecule has 0 amide bonds. The molecule has 0 aliphatic heterocycles. The van der Waals surface area contributed by atoms with Crippen LogP contribution in [0.2, 0.25) is 0 Å². The Morgan fingerprint density at radius 2 is 1.65 bits per heavy atom. The van der Waals surface area contributed by atoms with Gasteiger partial charge in [-0.15, -0.1) is 0 Å². The van der Waals surface area contributed by atoms with Crippen molar-refractivity contribution in [2.45, 2.75) is 13.5 Å². The van der Waals surface area contributed by atoms with Crippen LogP contribution in [0, 0.1) is 6.92 Å². The molecule has 2 aromatic heterocycles. The summed E-state index contributed by atoms with van der Waals surface area (Å²) in [5.74, 6) is 1.82. The average Bonchev–Trinajstić information content (AvgIpc) is 2.97. The molecule has 2 aromatic rings. The van der Waals surface area contributed by atoms with Gasteiger partial charge < -0.3 is 13.9 Å². The minimum absolute atomic E-state index is 0.159. The number of aldehydes is 2. The van der Waals surface area contributed by atoms with Crippen LogP contribution in [0.5, 0.6) is 0 Å². The van der Waals surface area contributed by atoms with Crippen LogP contribution in [-0.2, 0) is 6.61 Å². The molecule has 0 atom stereocenters. The van der Waals surface area contributed by atoms with Crippen LogP contribution in [-0.4, -0.2) is 17.7 Å². The molecule has 0 radical (unpaired) electrons. The fourth-order valence-corrected chi connectivity index (χ4v) is 1.06. The van der Waals surface area contributed by atoms with E-state index in [0.29, 0.717) is 24.1 Å². The van der Waals surface area contributed by atoms with Crippen LogP contribution in [0.3, 0.4) is 0 Å². The van der Waals surface area contributed by atoms with E-state index in [0.717, 1.165) is 5.76 Å². The lowest BCUT2D eigenvalue weighted by atomic mass is 10.4. The standard InChI is InChI=1S/C6H6O3.C6H6O2/c7-3-5-1-2-6(4-8)9-5;1-5-2-3-6(4-7)8-5/h1-3,8H,4H2;2-4H,1H3. The molecule has 0 aliphatic rings. The van der Waals surface area contributed by atoms with Crippen molar-refractivity contribution < 1.29 is 23.5 Å². The Kier molecular flexibility index (Phi) is 4.90. The Labute approximate surface area is 97.7 Å². The van der Waals surface area contributed by atoms with Crippen molar-refractivity contribution in [1.82, 2.24) is 0 Å². The molecular weight excluding hydrogens is 224 g/mol. The first kappa shape index (κ1) is 12.9. The van der Waals surface area contributed by atoms with Crippen molar-refractivity contribution in [3.05, 3.63) is 47.3 Å². The SMILES string of the molecule is Cc1ccc(C=O)o1.O=Cc1ccc(CO)o1.